The van der Waals surface area contributed by atoms with E-state index in [1.807, 2.05) is 0 Å². The Kier molecular flexibility index (Phi) is 6.67. The van der Waals surface area contributed by atoms with Crippen molar-refractivity contribution in [1.29, 1.82) is 0 Å². The van der Waals surface area contributed by atoms with Crippen molar-refractivity contribution in [3.05, 3.63) is 11.6 Å². The smallest absolute Gasteiger partial charge is 0.0433 e. The van der Waals surface area contributed by atoms with Crippen molar-refractivity contribution in [3.8, 4) is 0 Å². The van der Waals surface area contributed by atoms with E-state index in [4.69, 9.17) is 23.2 Å². The minimum atomic E-state index is 0.626. The molecule has 0 aromatic rings. The molecule has 0 aliphatic rings. The molecule has 0 N–H and O–H groups in total. The first-order valence-electron chi connectivity index (χ1n) is 3.15. The van der Waals surface area contributed by atoms with Gasteiger partial charge in [0.1, 0.15) is 0 Å². The molecular weight excluding hydrogens is 155 g/mol. The van der Waals surface area contributed by atoms with Gasteiger partial charge in [0.15, 0.2) is 0 Å². The van der Waals surface area contributed by atoms with Crippen LogP contribution >= 0.6 is 23.2 Å². The summed E-state index contributed by atoms with van der Waals surface area (Å²) in [4.78, 5) is 0. The maximum atomic E-state index is 5.60. The Labute approximate surface area is 66.8 Å². The third-order valence-electron chi connectivity index (χ3n) is 1.08. The van der Waals surface area contributed by atoms with Gasteiger partial charge in [-0.15, -0.1) is 23.2 Å². The first-order chi connectivity index (χ1) is 4.35. The SMILES string of the molecule is CCC=C(CCl)CCCl. The van der Waals surface area contributed by atoms with E-state index in [9.17, 15) is 0 Å². The highest BCUT2D eigenvalue weighted by Crippen LogP contribution is 2.05. The van der Waals surface area contributed by atoms with E-state index >= 15 is 0 Å². The third kappa shape index (κ3) is 4.80. The molecule has 0 aromatic carbocycles. The third-order valence-corrected chi connectivity index (χ3v) is 1.61. The van der Waals surface area contributed by atoms with Crippen molar-refractivity contribution in [1.82, 2.24) is 0 Å². The van der Waals surface area contributed by atoms with Crippen LogP contribution in [0.15, 0.2) is 11.6 Å². The molecule has 0 nitrogen and oxygen atoms in total. The fourth-order valence-electron chi connectivity index (χ4n) is 0.633. The van der Waals surface area contributed by atoms with Gasteiger partial charge >= 0.3 is 0 Å². The Hall–Kier alpha value is 0.320. The summed E-state index contributed by atoms with van der Waals surface area (Å²) in [5.41, 5.74) is 1.26. The average molecular weight is 167 g/mol. The van der Waals surface area contributed by atoms with Gasteiger partial charge in [-0.25, -0.2) is 0 Å². The highest BCUT2D eigenvalue weighted by Gasteiger charge is 1.91. The van der Waals surface area contributed by atoms with E-state index in [1.54, 1.807) is 0 Å². The van der Waals surface area contributed by atoms with Gasteiger partial charge in [0.2, 0.25) is 0 Å². The summed E-state index contributed by atoms with van der Waals surface area (Å²) < 4.78 is 0. The van der Waals surface area contributed by atoms with Crippen molar-refractivity contribution in [3.63, 3.8) is 0 Å². The van der Waals surface area contributed by atoms with Crippen LogP contribution in [0.1, 0.15) is 19.8 Å². The second kappa shape index (κ2) is 6.44. The molecule has 54 valence electrons. The largest absolute Gasteiger partial charge is 0.126 e. The van der Waals surface area contributed by atoms with Gasteiger partial charge in [-0.2, -0.15) is 0 Å². The quantitative estimate of drug-likeness (QED) is 0.445. The number of rotatable bonds is 4. The van der Waals surface area contributed by atoms with E-state index < -0.39 is 0 Å². The minimum Gasteiger partial charge on any atom is -0.126 e. The lowest BCUT2D eigenvalue weighted by atomic mass is 10.2. The second-order valence-electron chi connectivity index (χ2n) is 1.84. The molecule has 0 aromatic heterocycles. The number of allylic oxidation sites excluding steroid dienone is 2. The van der Waals surface area contributed by atoms with Gasteiger partial charge < -0.3 is 0 Å². The van der Waals surface area contributed by atoms with Crippen LogP contribution in [0.4, 0.5) is 0 Å². The molecule has 2 heteroatoms. The lowest BCUT2D eigenvalue weighted by Crippen LogP contribution is -1.85. The first kappa shape index (κ1) is 9.32. The summed E-state index contributed by atoms with van der Waals surface area (Å²) in [5.74, 6) is 1.30. The maximum absolute atomic E-state index is 5.60. The first-order valence-corrected chi connectivity index (χ1v) is 4.21. The maximum Gasteiger partial charge on any atom is 0.0433 e. The molecule has 0 radical (unpaired) electrons. The lowest BCUT2D eigenvalue weighted by molar-refractivity contribution is 1.07. The Balaban J connectivity index is 3.53. The zero-order valence-corrected chi connectivity index (χ0v) is 7.17. The van der Waals surface area contributed by atoms with Crippen LogP contribution in [-0.4, -0.2) is 11.8 Å². The molecular formula is C7H12Cl2. The summed E-state index contributed by atoms with van der Waals surface area (Å²) in [6.07, 6.45) is 4.12. The molecule has 0 aliphatic heterocycles. The van der Waals surface area contributed by atoms with Crippen molar-refractivity contribution in [2.24, 2.45) is 0 Å². The molecule has 9 heavy (non-hydrogen) atoms. The Morgan fingerprint density at radius 2 is 2.11 bits per heavy atom. The zero-order valence-electron chi connectivity index (χ0n) is 5.66. The van der Waals surface area contributed by atoms with Gasteiger partial charge in [-0.3, -0.25) is 0 Å². The van der Waals surface area contributed by atoms with Gasteiger partial charge in [0.05, 0.1) is 0 Å². The van der Waals surface area contributed by atoms with Gasteiger partial charge in [0.25, 0.3) is 0 Å². The molecule has 0 atom stereocenters. The summed E-state index contributed by atoms with van der Waals surface area (Å²) in [5, 5.41) is 0. The van der Waals surface area contributed by atoms with Crippen LogP contribution in [-0.2, 0) is 0 Å². The van der Waals surface area contributed by atoms with E-state index in [-0.39, 0.29) is 0 Å². The highest BCUT2D eigenvalue weighted by molar-refractivity contribution is 6.20. The minimum absolute atomic E-state index is 0.626. The average Bonchev–Trinajstić information content (AvgIpc) is 1.88. The van der Waals surface area contributed by atoms with Gasteiger partial charge in [0, 0.05) is 11.8 Å². The van der Waals surface area contributed by atoms with E-state index in [0.717, 1.165) is 12.8 Å². The zero-order chi connectivity index (χ0) is 7.11. The molecule has 0 rings (SSSR count). The van der Waals surface area contributed by atoms with Crippen LogP contribution in [0.3, 0.4) is 0 Å². The summed E-state index contributed by atoms with van der Waals surface area (Å²) >= 11 is 11.1. The normalized spacial score (nSPS) is 12.1. The van der Waals surface area contributed by atoms with Crippen LogP contribution in [0.25, 0.3) is 0 Å². The van der Waals surface area contributed by atoms with Gasteiger partial charge in [-0.1, -0.05) is 18.6 Å². The van der Waals surface area contributed by atoms with Crippen LogP contribution in [0.2, 0.25) is 0 Å². The fourth-order valence-corrected chi connectivity index (χ4v) is 1.12. The monoisotopic (exact) mass is 166 g/mol. The number of alkyl halides is 2. The number of hydrogen-bond donors (Lipinski definition) is 0. The van der Waals surface area contributed by atoms with Crippen molar-refractivity contribution >= 4 is 23.2 Å². The molecule has 0 saturated carbocycles. The van der Waals surface area contributed by atoms with E-state index in [0.29, 0.717) is 11.8 Å². The van der Waals surface area contributed by atoms with Gasteiger partial charge in [-0.05, 0) is 12.8 Å². The Morgan fingerprint density at radius 1 is 1.44 bits per heavy atom. The lowest BCUT2D eigenvalue weighted by Gasteiger charge is -1.96. The number of halogens is 2. The van der Waals surface area contributed by atoms with E-state index in [1.165, 1.54) is 5.57 Å². The predicted octanol–water partition coefficient (Wildman–Crippen LogP) is 3.19. The molecule has 0 fully saturated rings. The summed E-state index contributed by atoms with van der Waals surface area (Å²) in [6, 6.07) is 0. The standard InChI is InChI=1S/C7H12Cl2/c1-2-3-7(6-9)4-5-8/h3H,2,4-6H2,1H3. The molecule has 0 saturated heterocycles. The Morgan fingerprint density at radius 3 is 2.44 bits per heavy atom. The number of hydrogen-bond acceptors (Lipinski definition) is 0. The molecule has 0 spiro atoms. The molecule has 0 amide bonds. The molecule has 0 unspecified atom stereocenters. The fraction of sp³-hybridized carbons (Fsp3) is 0.714. The summed E-state index contributed by atoms with van der Waals surface area (Å²) in [7, 11) is 0. The van der Waals surface area contributed by atoms with Crippen molar-refractivity contribution in [2.75, 3.05) is 11.8 Å². The second-order valence-corrected chi connectivity index (χ2v) is 2.49. The summed E-state index contributed by atoms with van der Waals surface area (Å²) in [6.45, 7) is 2.10. The van der Waals surface area contributed by atoms with Crippen LogP contribution in [0.5, 0.6) is 0 Å². The van der Waals surface area contributed by atoms with Crippen molar-refractivity contribution in [2.45, 2.75) is 19.8 Å². The molecule has 0 heterocycles. The van der Waals surface area contributed by atoms with E-state index in [2.05, 4.69) is 13.0 Å². The Bertz CT molecular complexity index is 86.9. The van der Waals surface area contributed by atoms with Crippen molar-refractivity contribution < 1.29 is 0 Å². The van der Waals surface area contributed by atoms with Crippen LogP contribution in [0, 0.1) is 0 Å². The molecule has 0 bridgehead atoms. The molecule has 0 aliphatic carbocycles. The van der Waals surface area contributed by atoms with Crippen LogP contribution < -0.4 is 0 Å². The topological polar surface area (TPSA) is 0 Å². The predicted molar refractivity (Wildman–Crippen MR) is 44.4 cm³/mol. The highest BCUT2D eigenvalue weighted by atomic mass is 35.5.